The van der Waals surface area contributed by atoms with Gasteiger partial charge in [0.25, 0.3) is 0 Å². The molecule has 4 heteroatoms. The van der Waals surface area contributed by atoms with Crippen LogP contribution in [0.2, 0.25) is 0 Å². The maximum absolute atomic E-state index is 12.6. The highest BCUT2D eigenvalue weighted by Gasteiger charge is 2.22. The van der Waals surface area contributed by atoms with Crippen molar-refractivity contribution in [3.05, 3.63) is 58.7 Å². The molecule has 1 N–H and O–H groups in total. The van der Waals surface area contributed by atoms with E-state index in [2.05, 4.69) is 68.2 Å². The van der Waals surface area contributed by atoms with Crippen LogP contribution in [0.3, 0.4) is 0 Å². The molecule has 3 rings (SSSR count). The maximum atomic E-state index is 12.6. The van der Waals surface area contributed by atoms with E-state index in [0.29, 0.717) is 6.54 Å². The fraction of sp³-hybridized carbons (Fsp3) is 0.409. The van der Waals surface area contributed by atoms with Crippen LogP contribution < -0.4 is 10.2 Å². The number of hydrogen-bond acceptors (Lipinski definition) is 3. The van der Waals surface area contributed by atoms with Crippen molar-refractivity contribution < 1.29 is 4.79 Å². The minimum atomic E-state index is 0.174. The average molecular weight is 351 g/mol. The second-order valence-electron chi connectivity index (χ2n) is 7.21. The maximum Gasteiger partial charge on any atom is 0.241 e. The first-order valence-electron chi connectivity index (χ1n) is 9.36. The molecule has 1 aliphatic heterocycles. The minimum Gasteiger partial charge on any atom is -0.376 e. The molecular weight excluding hydrogens is 322 g/mol. The van der Waals surface area contributed by atoms with E-state index < -0.39 is 0 Å². The summed E-state index contributed by atoms with van der Waals surface area (Å²) in [6.07, 6.45) is 0. The van der Waals surface area contributed by atoms with E-state index >= 15 is 0 Å². The molecule has 138 valence electrons. The van der Waals surface area contributed by atoms with Crippen molar-refractivity contribution in [1.29, 1.82) is 0 Å². The molecule has 26 heavy (non-hydrogen) atoms. The fourth-order valence-electron chi connectivity index (χ4n) is 3.64. The molecule has 1 heterocycles. The van der Waals surface area contributed by atoms with Gasteiger partial charge in [0, 0.05) is 37.6 Å². The molecule has 1 aliphatic rings. The Balaban J connectivity index is 1.56. The zero-order valence-corrected chi connectivity index (χ0v) is 16.3. The van der Waals surface area contributed by atoms with Crippen molar-refractivity contribution in [2.45, 2.75) is 27.7 Å². The molecule has 1 amide bonds. The van der Waals surface area contributed by atoms with Crippen molar-refractivity contribution in [1.82, 2.24) is 4.90 Å². The minimum absolute atomic E-state index is 0.174. The number of amides is 1. The molecule has 0 spiro atoms. The van der Waals surface area contributed by atoms with Crippen molar-refractivity contribution in [2.24, 2.45) is 0 Å². The van der Waals surface area contributed by atoms with Crippen LogP contribution in [0, 0.1) is 27.7 Å². The molecular formula is C22H29N3O. The molecule has 0 aliphatic carbocycles. The number of anilines is 2. The number of para-hydroxylation sites is 1. The zero-order chi connectivity index (χ0) is 18.7. The highest BCUT2D eigenvalue weighted by atomic mass is 16.2. The van der Waals surface area contributed by atoms with Crippen molar-refractivity contribution in [3.63, 3.8) is 0 Å². The van der Waals surface area contributed by atoms with E-state index in [0.717, 1.165) is 31.9 Å². The normalized spacial score (nSPS) is 14.5. The first-order chi connectivity index (χ1) is 12.5. The highest BCUT2D eigenvalue weighted by Crippen LogP contribution is 2.24. The third kappa shape index (κ3) is 3.85. The molecule has 0 radical (unpaired) electrons. The Kier molecular flexibility index (Phi) is 5.50. The van der Waals surface area contributed by atoms with Gasteiger partial charge in [-0.2, -0.15) is 0 Å². The summed E-state index contributed by atoms with van der Waals surface area (Å²) in [4.78, 5) is 17.0. The molecule has 0 aromatic heterocycles. The van der Waals surface area contributed by atoms with Gasteiger partial charge in [0.1, 0.15) is 0 Å². The fourth-order valence-corrected chi connectivity index (χ4v) is 3.64. The second kappa shape index (κ2) is 7.81. The third-order valence-corrected chi connectivity index (χ3v) is 5.45. The zero-order valence-electron chi connectivity index (χ0n) is 16.3. The molecule has 2 aromatic rings. The van der Waals surface area contributed by atoms with E-state index in [1.54, 1.807) is 0 Å². The Morgan fingerprint density at radius 1 is 0.885 bits per heavy atom. The number of piperazine rings is 1. The lowest BCUT2D eigenvalue weighted by molar-refractivity contribution is -0.129. The summed E-state index contributed by atoms with van der Waals surface area (Å²) in [7, 11) is 0. The van der Waals surface area contributed by atoms with Crippen LogP contribution in [-0.4, -0.2) is 43.5 Å². The predicted molar refractivity (Wildman–Crippen MR) is 109 cm³/mol. The molecule has 2 aromatic carbocycles. The van der Waals surface area contributed by atoms with Crippen LogP contribution in [0.5, 0.6) is 0 Å². The number of hydrogen-bond donors (Lipinski definition) is 1. The Morgan fingerprint density at radius 2 is 1.46 bits per heavy atom. The van der Waals surface area contributed by atoms with Crippen molar-refractivity contribution in [2.75, 3.05) is 42.9 Å². The standard InChI is InChI=1S/C22H29N3O/c1-16-7-6-10-20(19(16)4)24-11-13-25(14-12-24)21(26)15-23-22-17(2)8-5-9-18(22)3/h5-10,23H,11-15H2,1-4H3. The molecule has 1 saturated heterocycles. The van der Waals surface area contributed by atoms with Gasteiger partial charge in [-0.15, -0.1) is 0 Å². The monoisotopic (exact) mass is 351 g/mol. The van der Waals surface area contributed by atoms with E-state index in [9.17, 15) is 4.79 Å². The van der Waals surface area contributed by atoms with Gasteiger partial charge in [0.05, 0.1) is 6.54 Å². The first kappa shape index (κ1) is 18.3. The van der Waals surface area contributed by atoms with Crippen molar-refractivity contribution in [3.8, 4) is 0 Å². The highest BCUT2D eigenvalue weighted by molar-refractivity contribution is 5.81. The van der Waals surface area contributed by atoms with Gasteiger partial charge < -0.3 is 15.1 Å². The molecule has 0 atom stereocenters. The van der Waals surface area contributed by atoms with Crippen LogP contribution >= 0.6 is 0 Å². The molecule has 0 bridgehead atoms. The molecule has 4 nitrogen and oxygen atoms in total. The lowest BCUT2D eigenvalue weighted by Crippen LogP contribution is -2.50. The first-order valence-corrected chi connectivity index (χ1v) is 9.36. The lowest BCUT2D eigenvalue weighted by Gasteiger charge is -2.37. The van der Waals surface area contributed by atoms with Gasteiger partial charge >= 0.3 is 0 Å². The number of carbonyl (C=O) groups is 1. The van der Waals surface area contributed by atoms with Crippen LogP contribution in [0.25, 0.3) is 0 Å². The summed E-state index contributed by atoms with van der Waals surface area (Å²) in [5.41, 5.74) is 7.39. The summed E-state index contributed by atoms with van der Waals surface area (Å²) in [6, 6.07) is 12.6. The molecule has 0 unspecified atom stereocenters. The van der Waals surface area contributed by atoms with Gasteiger partial charge in [0.15, 0.2) is 0 Å². The molecule has 0 saturated carbocycles. The molecule has 1 fully saturated rings. The van der Waals surface area contributed by atoms with Gasteiger partial charge in [-0.3, -0.25) is 4.79 Å². The number of nitrogens with zero attached hydrogens (tertiary/aromatic N) is 2. The summed E-state index contributed by atoms with van der Waals surface area (Å²) >= 11 is 0. The summed E-state index contributed by atoms with van der Waals surface area (Å²) in [5, 5.41) is 3.33. The Morgan fingerprint density at radius 3 is 2.12 bits per heavy atom. The van der Waals surface area contributed by atoms with Crippen LogP contribution in [-0.2, 0) is 4.79 Å². The van der Waals surface area contributed by atoms with Crippen molar-refractivity contribution >= 4 is 17.3 Å². The van der Waals surface area contributed by atoms with Gasteiger partial charge in [-0.05, 0) is 56.0 Å². The Labute approximate surface area is 156 Å². The Hall–Kier alpha value is -2.49. The number of rotatable bonds is 4. The average Bonchev–Trinajstić information content (AvgIpc) is 2.63. The van der Waals surface area contributed by atoms with Gasteiger partial charge in [-0.25, -0.2) is 0 Å². The topological polar surface area (TPSA) is 35.6 Å². The van der Waals surface area contributed by atoms with Crippen LogP contribution in [0.1, 0.15) is 22.3 Å². The Bertz CT molecular complexity index is 772. The van der Waals surface area contributed by atoms with E-state index in [1.807, 2.05) is 11.0 Å². The number of aryl methyl sites for hydroxylation is 3. The lowest BCUT2D eigenvalue weighted by atomic mass is 10.1. The van der Waals surface area contributed by atoms with Crippen LogP contribution in [0.4, 0.5) is 11.4 Å². The predicted octanol–water partition coefficient (Wildman–Crippen LogP) is 3.68. The van der Waals surface area contributed by atoms with Crippen LogP contribution in [0.15, 0.2) is 36.4 Å². The number of nitrogens with one attached hydrogen (secondary N) is 1. The van der Waals surface area contributed by atoms with Gasteiger partial charge in [-0.1, -0.05) is 30.3 Å². The summed E-state index contributed by atoms with van der Waals surface area (Å²) < 4.78 is 0. The second-order valence-corrected chi connectivity index (χ2v) is 7.21. The number of carbonyl (C=O) groups excluding carboxylic acids is 1. The largest absolute Gasteiger partial charge is 0.376 e. The summed E-state index contributed by atoms with van der Waals surface area (Å²) in [6.45, 7) is 12.2. The summed E-state index contributed by atoms with van der Waals surface area (Å²) in [5.74, 6) is 0.174. The third-order valence-electron chi connectivity index (χ3n) is 5.45. The van der Waals surface area contributed by atoms with E-state index in [4.69, 9.17) is 0 Å². The van der Waals surface area contributed by atoms with Gasteiger partial charge in [0.2, 0.25) is 5.91 Å². The quantitative estimate of drug-likeness (QED) is 0.913. The number of benzene rings is 2. The van der Waals surface area contributed by atoms with E-state index in [1.165, 1.54) is 27.9 Å². The SMILES string of the molecule is Cc1cccc(N2CCN(C(=O)CNc3c(C)cccc3C)CC2)c1C. The smallest absolute Gasteiger partial charge is 0.241 e. The van der Waals surface area contributed by atoms with E-state index in [-0.39, 0.29) is 5.91 Å².